The van der Waals surface area contributed by atoms with E-state index in [1.807, 2.05) is 6.07 Å². The van der Waals surface area contributed by atoms with Gasteiger partial charge in [-0.15, -0.1) is 0 Å². The Morgan fingerprint density at radius 3 is 2.62 bits per heavy atom. The third-order valence-electron chi connectivity index (χ3n) is 3.76. The van der Waals surface area contributed by atoms with Crippen LogP contribution in [0, 0.1) is 0 Å². The lowest BCUT2D eigenvalue weighted by atomic mass is 10.1. The highest BCUT2D eigenvalue weighted by molar-refractivity contribution is 7.92. The van der Waals surface area contributed by atoms with Crippen LogP contribution >= 0.6 is 11.6 Å². The standard InChI is InChI=1S/C17H12ClN5O2S/c18-17-15(23-26(24,25)13-4-2-1-3-5-13)7-11(8-20-17)14-6-12-9-21-22-16(12)10-19-14/h1-10,23H,(H,21,22). The van der Waals surface area contributed by atoms with Gasteiger partial charge in [-0.3, -0.25) is 14.8 Å². The van der Waals surface area contributed by atoms with Gasteiger partial charge >= 0.3 is 0 Å². The molecule has 2 N–H and O–H groups in total. The van der Waals surface area contributed by atoms with Crippen molar-refractivity contribution in [3.8, 4) is 11.3 Å². The van der Waals surface area contributed by atoms with Crippen LogP contribution in [0.5, 0.6) is 0 Å². The summed E-state index contributed by atoms with van der Waals surface area (Å²) in [6, 6.07) is 11.5. The molecule has 0 saturated heterocycles. The summed E-state index contributed by atoms with van der Waals surface area (Å²) in [4.78, 5) is 8.56. The number of anilines is 1. The number of aromatic amines is 1. The molecule has 0 bridgehead atoms. The number of halogens is 1. The second-order valence-corrected chi connectivity index (χ2v) is 7.55. The molecular formula is C17H12ClN5O2S. The van der Waals surface area contributed by atoms with Gasteiger partial charge in [0.25, 0.3) is 10.0 Å². The van der Waals surface area contributed by atoms with E-state index in [4.69, 9.17) is 11.6 Å². The number of benzene rings is 1. The molecule has 0 atom stereocenters. The maximum Gasteiger partial charge on any atom is 0.261 e. The maximum absolute atomic E-state index is 12.5. The van der Waals surface area contributed by atoms with Gasteiger partial charge in [-0.2, -0.15) is 5.10 Å². The van der Waals surface area contributed by atoms with E-state index in [1.54, 1.807) is 36.7 Å². The van der Waals surface area contributed by atoms with Crippen molar-refractivity contribution in [2.75, 3.05) is 4.72 Å². The van der Waals surface area contributed by atoms with E-state index < -0.39 is 10.0 Å². The first kappa shape index (κ1) is 16.5. The van der Waals surface area contributed by atoms with Gasteiger partial charge in [-0.05, 0) is 24.3 Å². The average Bonchev–Trinajstić information content (AvgIpc) is 3.12. The maximum atomic E-state index is 12.5. The molecule has 0 saturated carbocycles. The molecule has 0 aliphatic rings. The van der Waals surface area contributed by atoms with Crippen LogP contribution in [0.15, 0.2) is 66.0 Å². The first-order chi connectivity index (χ1) is 12.5. The Morgan fingerprint density at radius 1 is 1.00 bits per heavy atom. The Hall–Kier alpha value is -2.97. The third-order valence-corrected chi connectivity index (χ3v) is 5.44. The molecule has 0 spiro atoms. The van der Waals surface area contributed by atoms with Crippen LogP contribution in [-0.4, -0.2) is 28.6 Å². The summed E-state index contributed by atoms with van der Waals surface area (Å²) in [5, 5.41) is 7.72. The molecule has 4 rings (SSSR count). The van der Waals surface area contributed by atoms with Gasteiger partial charge in [0.15, 0.2) is 5.15 Å². The molecule has 0 aliphatic carbocycles. The van der Waals surface area contributed by atoms with Crippen molar-refractivity contribution in [3.63, 3.8) is 0 Å². The molecule has 1 aromatic carbocycles. The van der Waals surface area contributed by atoms with Crippen molar-refractivity contribution in [1.82, 2.24) is 20.2 Å². The second kappa shape index (κ2) is 6.40. The van der Waals surface area contributed by atoms with Crippen LogP contribution in [0.1, 0.15) is 0 Å². The number of pyridine rings is 2. The van der Waals surface area contributed by atoms with Crippen LogP contribution in [0.2, 0.25) is 5.15 Å². The fraction of sp³-hybridized carbons (Fsp3) is 0. The molecule has 7 nitrogen and oxygen atoms in total. The Morgan fingerprint density at radius 2 is 1.81 bits per heavy atom. The largest absolute Gasteiger partial charge is 0.276 e. The van der Waals surface area contributed by atoms with E-state index in [2.05, 4.69) is 24.9 Å². The summed E-state index contributed by atoms with van der Waals surface area (Å²) < 4.78 is 27.5. The number of nitrogens with zero attached hydrogens (tertiary/aromatic N) is 3. The number of H-pyrrole nitrogens is 1. The summed E-state index contributed by atoms with van der Waals surface area (Å²) >= 11 is 6.08. The Kier molecular flexibility index (Phi) is 4.06. The molecule has 130 valence electrons. The number of hydrogen-bond acceptors (Lipinski definition) is 5. The van der Waals surface area contributed by atoms with E-state index in [1.165, 1.54) is 18.3 Å². The van der Waals surface area contributed by atoms with Gasteiger partial charge in [-0.25, -0.2) is 13.4 Å². The van der Waals surface area contributed by atoms with Gasteiger partial charge in [0.1, 0.15) is 0 Å². The zero-order valence-electron chi connectivity index (χ0n) is 13.2. The van der Waals surface area contributed by atoms with Gasteiger partial charge in [-0.1, -0.05) is 29.8 Å². The van der Waals surface area contributed by atoms with Gasteiger partial charge in [0, 0.05) is 17.1 Å². The minimum absolute atomic E-state index is 0.0534. The van der Waals surface area contributed by atoms with Crippen LogP contribution in [0.25, 0.3) is 22.2 Å². The summed E-state index contributed by atoms with van der Waals surface area (Å²) in [5.41, 5.74) is 2.24. The van der Waals surface area contributed by atoms with Crippen LogP contribution in [-0.2, 0) is 10.0 Å². The zero-order chi connectivity index (χ0) is 18.1. The molecule has 0 aliphatic heterocycles. The fourth-order valence-electron chi connectivity index (χ4n) is 2.46. The van der Waals surface area contributed by atoms with Gasteiger partial charge in [0.2, 0.25) is 0 Å². The van der Waals surface area contributed by atoms with E-state index in [9.17, 15) is 8.42 Å². The topological polar surface area (TPSA) is 101 Å². The quantitative estimate of drug-likeness (QED) is 0.524. The highest BCUT2D eigenvalue weighted by atomic mass is 35.5. The third kappa shape index (κ3) is 3.12. The van der Waals surface area contributed by atoms with E-state index >= 15 is 0 Å². The average molecular weight is 386 g/mol. The van der Waals surface area contributed by atoms with Crippen LogP contribution in [0.3, 0.4) is 0 Å². The lowest BCUT2D eigenvalue weighted by Crippen LogP contribution is -2.13. The minimum Gasteiger partial charge on any atom is -0.276 e. The molecular weight excluding hydrogens is 374 g/mol. The number of nitrogens with one attached hydrogen (secondary N) is 2. The fourth-order valence-corrected chi connectivity index (χ4v) is 3.75. The van der Waals surface area contributed by atoms with Gasteiger partial charge < -0.3 is 0 Å². The monoisotopic (exact) mass is 385 g/mol. The number of fused-ring (bicyclic) bond motifs is 1. The lowest BCUT2D eigenvalue weighted by molar-refractivity contribution is 0.601. The molecule has 3 heterocycles. The highest BCUT2D eigenvalue weighted by Gasteiger charge is 2.17. The van der Waals surface area contributed by atoms with Crippen molar-refractivity contribution >= 4 is 38.2 Å². The molecule has 0 unspecified atom stereocenters. The van der Waals surface area contributed by atoms with Crippen molar-refractivity contribution in [2.24, 2.45) is 0 Å². The van der Waals surface area contributed by atoms with Crippen molar-refractivity contribution in [2.45, 2.75) is 4.90 Å². The molecule has 9 heteroatoms. The second-order valence-electron chi connectivity index (χ2n) is 5.51. The number of hydrogen-bond donors (Lipinski definition) is 2. The first-order valence-electron chi connectivity index (χ1n) is 7.56. The van der Waals surface area contributed by atoms with Gasteiger partial charge in [0.05, 0.1) is 34.2 Å². The van der Waals surface area contributed by atoms with Crippen molar-refractivity contribution in [1.29, 1.82) is 0 Å². The van der Waals surface area contributed by atoms with Crippen LogP contribution < -0.4 is 4.72 Å². The Labute approximate surface area is 154 Å². The normalized spacial score (nSPS) is 11.6. The highest BCUT2D eigenvalue weighted by Crippen LogP contribution is 2.28. The first-order valence-corrected chi connectivity index (χ1v) is 9.42. The molecule has 4 aromatic rings. The van der Waals surface area contributed by atoms with Crippen molar-refractivity contribution in [3.05, 3.63) is 66.2 Å². The summed E-state index contributed by atoms with van der Waals surface area (Å²) in [6.45, 7) is 0. The van der Waals surface area contributed by atoms with E-state index in [-0.39, 0.29) is 15.7 Å². The number of rotatable bonds is 4. The smallest absolute Gasteiger partial charge is 0.261 e. The predicted molar refractivity (Wildman–Crippen MR) is 99.4 cm³/mol. The molecule has 0 fully saturated rings. The van der Waals surface area contributed by atoms with Crippen molar-refractivity contribution < 1.29 is 8.42 Å². The van der Waals surface area contributed by atoms with E-state index in [0.717, 1.165) is 10.9 Å². The number of sulfonamides is 1. The van der Waals surface area contributed by atoms with Crippen LogP contribution in [0.4, 0.5) is 5.69 Å². The summed E-state index contributed by atoms with van der Waals surface area (Å²) in [5.74, 6) is 0. The molecule has 26 heavy (non-hydrogen) atoms. The molecule has 0 radical (unpaired) electrons. The Bertz CT molecular complexity index is 1190. The van der Waals surface area contributed by atoms with E-state index in [0.29, 0.717) is 11.3 Å². The summed E-state index contributed by atoms with van der Waals surface area (Å²) in [7, 11) is -3.77. The zero-order valence-corrected chi connectivity index (χ0v) is 14.8. The Balaban J connectivity index is 1.72. The summed E-state index contributed by atoms with van der Waals surface area (Å²) in [6.07, 6.45) is 4.87. The minimum atomic E-state index is -3.77. The molecule has 0 amide bonds. The SMILES string of the molecule is O=S(=O)(Nc1cc(-c2cc3cn[nH]c3cn2)cnc1Cl)c1ccccc1. The lowest BCUT2D eigenvalue weighted by Gasteiger charge is -2.10. The number of aromatic nitrogens is 4. The predicted octanol–water partition coefficient (Wildman–Crippen LogP) is 3.47. The molecule has 3 aromatic heterocycles.